The van der Waals surface area contributed by atoms with Gasteiger partial charge in [-0.2, -0.15) is 4.98 Å². The lowest BCUT2D eigenvalue weighted by molar-refractivity contribution is -0.145. The number of hydrogen-bond donors (Lipinski definition) is 0. The van der Waals surface area contributed by atoms with Crippen LogP contribution in [0.3, 0.4) is 0 Å². The van der Waals surface area contributed by atoms with Crippen LogP contribution in [0.5, 0.6) is 0 Å². The maximum absolute atomic E-state index is 12.3. The van der Waals surface area contributed by atoms with Gasteiger partial charge < -0.3 is 9.53 Å². The number of aldehydes is 1. The number of aromatic nitrogens is 2. The van der Waals surface area contributed by atoms with Gasteiger partial charge in [-0.25, -0.2) is 9.59 Å². The normalized spacial score (nSPS) is 12.5. The molecule has 6 nitrogen and oxygen atoms in total. The Hall–Kier alpha value is -1.98. The Morgan fingerprint density at radius 3 is 2.45 bits per heavy atom. The van der Waals surface area contributed by atoms with Crippen molar-refractivity contribution < 1.29 is 14.3 Å². The first-order valence-electron chi connectivity index (χ1n) is 7.45. The van der Waals surface area contributed by atoms with Gasteiger partial charge in [-0.05, 0) is 23.8 Å². The van der Waals surface area contributed by atoms with E-state index in [-0.39, 0.29) is 18.3 Å². The standard InChI is InChI=1S/C16H24N2O4/c1-10(2)8-13(15(20)22-5)18-9-12(6-7-19)14(11(3)4)17-16(18)21/h7,9-11,13H,6,8H2,1-5H3. The van der Waals surface area contributed by atoms with Gasteiger partial charge in [-0.15, -0.1) is 0 Å². The van der Waals surface area contributed by atoms with Crippen molar-refractivity contribution in [2.45, 2.75) is 52.5 Å². The molecular weight excluding hydrogens is 284 g/mol. The lowest BCUT2D eigenvalue weighted by Crippen LogP contribution is -2.34. The van der Waals surface area contributed by atoms with Crippen molar-refractivity contribution in [3.8, 4) is 0 Å². The van der Waals surface area contributed by atoms with Crippen molar-refractivity contribution in [1.29, 1.82) is 0 Å². The predicted octanol–water partition coefficient (Wildman–Crippen LogP) is 1.87. The first kappa shape index (κ1) is 18.1. The van der Waals surface area contributed by atoms with Crippen LogP contribution in [-0.4, -0.2) is 28.9 Å². The summed E-state index contributed by atoms with van der Waals surface area (Å²) in [6.07, 6.45) is 2.97. The van der Waals surface area contributed by atoms with Crippen molar-refractivity contribution >= 4 is 12.3 Å². The number of hydrogen-bond acceptors (Lipinski definition) is 5. The quantitative estimate of drug-likeness (QED) is 0.567. The number of carbonyl (C=O) groups is 2. The second-order valence-corrected chi connectivity index (χ2v) is 6.04. The number of rotatable bonds is 7. The molecule has 1 aromatic rings. The number of ether oxygens (including phenoxy) is 1. The molecule has 1 heterocycles. The Balaban J connectivity index is 3.42. The SMILES string of the molecule is COC(=O)C(CC(C)C)n1cc(CC=O)c(C(C)C)nc1=O. The molecule has 0 aliphatic rings. The monoisotopic (exact) mass is 308 g/mol. The second-order valence-electron chi connectivity index (χ2n) is 6.04. The van der Waals surface area contributed by atoms with Crippen LogP contribution in [0.4, 0.5) is 0 Å². The molecule has 6 heteroatoms. The molecule has 0 aromatic carbocycles. The topological polar surface area (TPSA) is 78.3 Å². The van der Waals surface area contributed by atoms with E-state index < -0.39 is 17.7 Å². The van der Waals surface area contributed by atoms with Gasteiger partial charge in [0.05, 0.1) is 12.8 Å². The molecule has 0 N–H and O–H groups in total. The summed E-state index contributed by atoms with van der Waals surface area (Å²) < 4.78 is 6.09. The van der Waals surface area contributed by atoms with E-state index in [0.29, 0.717) is 17.7 Å². The molecule has 0 saturated carbocycles. The van der Waals surface area contributed by atoms with Crippen LogP contribution in [0.2, 0.25) is 0 Å². The van der Waals surface area contributed by atoms with Gasteiger partial charge in [-0.1, -0.05) is 27.7 Å². The van der Waals surface area contributed by atoms with E-state index in [2.05, 4.69) is 4.98 Å². The van der Waals surface area contributed by atoms with Crippen molar-refractivity contribution in [1.82, 2.24) is 9.55 Å². The molecule has 122 valence electrons. The summed E-state index contributed by atoms with van der Waals surface area (Å²) in [7, 11) is 1.29. The summed E-state index contributed by atoms with van der Waals surface area (Å²) in [5.74, 6) is -0.249. The van der Waals surface area contributed by atoms with Crippen LogP contribution in [0.15, 0.2) is 11.0 Å². The van der Waals surface area contributed by atoms with Gasteiger partial charge in [0.15, 0.2) is 0 Å². The third kappa shape index (κ3) is 4.26. The molecule has 1 unspecified atom stereocenters. The highest BCUT2D eigenvalue weighted by Crippen LogP contribution is 2.21. The lowest BCUT2D eigenvalue weighted by Gasteiger charge is -2.21. The molecular formula is C16H24N2O4. The molecule has 1 aromatic heterocycles. The fourth-order valence-corrected chi connectivity index (χ4v) is 2.40. The fraction of sp³-hybridized carbons (Fsp3) is 0.625. The highest BCUT2D eigenvalue weighted by Gasteiger charge is 2.25. The molecule has 1 rings (SSSR count). The Morgan fingerprint density at radius 2 is 2.00 bits per heavy atom. The molecule has 1 atom stereocenters. The molecule has 0 amide bonds. The minimum Gasteiger partial charge on any atom is -0.467 e. The summed E-state index contributed by atoms with van der Waals surface area (Å²) in [6.45, 7) is 7.74. The Bertz CT molecular complexity index is 590. The number of nitrogens with zero attached hydrogens (tertiary/aromatic N) is 2. The fourth-order valence-electron chi connectivity index (χ4n) is 2.40. The number of esters is 1. The van der Waals surface area contributed by atoms with Crippen LogP contribution < -0.4 is 5.69 Å². The molecule has 0 aliphatic heterocycles. The largest absolute Gasteiger partial charge is 0.467 e. The van der Waals surface area contributed by atoms with Gasteiger partial charge in [0.2, 0.25) is 0 Å². The highest BCUT2D eigenvalue weighted by atomic mass is 16.5. The lowest BCUT2D eigenvalue weighted by atomic mass is 10.0. The molecule has 0 aliphatic carbocycles. The highest BCUT2D eigenvalue weighted by molar-refractivity contribution is 5.74. The Morgan fingerprint density at radius 1 is 1.36 bits per heavy atom. The maximum atomic E-state index is 12.3. The zero-order chi connectivity index (χ0) is 16.9. The van der Waals surface area contributed by atoms with Crippen molar-refractivity contribution in [3.05, 3.63) is 27.9 Å². The van der Waals surface area contributed by atoms with E-state index in [1.54, 1.807) is 6.20 Å². The third-order valence-corrected chi connectivity index (χ3v) is 3.41. The van der Waals surface area contributed by atoms with E-state index in [4.69, 9.17) is 4.74 Å². The summed E-state index contributed by atoms with van der Waals surface area (Å²) in [6, 6.07) is -0.725. The van der Waals surface area contributed by atoms with Gasteiger partial charge in [0, 0.05) is 12.6 Å². The van der Waals surface area contributed by atoms with E-state index in [9.17, 15) is 14.4 Å². The molecule has 22 heavy (non-hydrogen) atoms. The number of methoxy groups -OCH3 is 1. The Kier molecular flexibility index (Phi) is 6.46. The van der Waals surface area contributed by atoms with E-state index >= 15 is 0 Å². The zero-order valence-electron chi connectivity index (χ0n) is 13.8. The molecule has 0 fully saturated rings. The maximum Gasteiger partial charge on any atom is 0.348 e. The zero-order valence-corrected chi connectivity index (χ0v) is 13.8. The average molecular weight is 308 g/mol. The predicted molar refractivity (Wildman–Crippen MR) is 82.9 cm³/mol. The summed E-state index contributed by atoms with van der Waals surface area (Å²) in [4.78, 5) is 39.3. The van der Waals surface area contributed by atoms with Crippen LogP contribution in [0.25, 0.3) is 0 Å². The molecule has 0 bridgehead atoms. The van der Waals surface area contributed by atoms with Crippen LogP contribution in [-0.2, 0) is 20.7 Å². The Labute approximate surface area is 130 Å². The summed E-state index contributed by atoms with van der Waals surface area (Å²) in [5.41, 5.74) is 0.776. The van der Waals surface area contributed by atoms with Gasteiger partial charge >= 0.3 is 11.7 Å². The van der Waals surface area contributed by atoms with Gasteiger partial charge in [-0.3, -0.25) is 4.57 Å². The van der Waals surface area contributed by atoms with E-state index in [1.807, 2.05) is 27.7 Å². The van der Waals surface area contributed by atoms with Crippen LogP contribution >= 0.6 is 0 Å². The van der Waals surface area contributed by atoms with E-state index in [1.165, 1.54) is 11.7 Å². The van der Waals surface area contributed by atoms with Crippen LogP contribution in [0, 0.1) is 5.92 Å². The van der Waals surface area contributed by atoms with E-state index in [0.717, 1.165) is 6.29 Å². The second kappa shape index (κ2) is 7.87. The third-order valence-electron chi connectivity index (χ3n) is 3.41. The molecule has 0 spiro atoms. The smallest absolute Gasteiger partial charge is 0.348 e. The minimum absolute atomic E-state index is 0.0268. The first-order valence-corrected chi connectivity index (χ1v) is 7.45. The number of carbonyl (C=O) groups excluding carboxylic acids is 2. The van der Waals surface area contributed by atoms with Crippen molar-refractivity contribution in [2.75, 3.05) is 7.11 Å². The molecule has 0 saturated heterocycles. The van der Waals surface area contributed by atoms with Gasteiger partial charge in [0.1, 0.15) is 12.3 Å². The van der Waals surface area contributed by atoms with Crippen LogP contribution in [0.1, 0.15) is 57.3 Å². The van der Waals surface area contributed by atoms with Gasteiger partial charge in [0.25, 0.3) is 0 Å². The summed E-state index contributed by atoms with van der Waals surface area (Å²) >= 11 is 0. The van der Waals surface area contributed by atoms with Crippen molar-refractivity contribution in [2.24, 2.45) is 5.92 Å². The minimum atomic E-state index is -0.725. The first-order chi connectivity index (χ1) is 10.3. The van der Waals surface area contributed by atoms with Crippen molar-refractivity contribution in [3.63, 3.8) is 0 Å². The average Bonchev–Trinajstić information content (AvgIpc) is 2.45. The summed E-state index contributed by atoms with van der Waals surface area (Å²) in [5, 5.41) is 0. The molecule has 0 radical (unpaired) electrons.